The lowest BCUT2D eigenvalue weighted by Crippen LogP contribution is -2.42. The molecular formula is C14H18ClNO4S. The van der Waals surface area contributed by atoms with Gasteiger partial charge in [-0.3, -0.25) is 4.79 Å². The van der Waals surface area contributed by atoms with E-state index in [9.17, 15) is 13.2 Å². The summed E-state index contributed by atoms with van der Waals surface area (Å²) in [7, 11) is -1.55. The van der Waals surface area contributed by atoms with E-state index >= 15 is 0 Å². The zero-order chi connectivity index (χ0) is 15.6. The Labute approximate surface area is 129 Å². The van der Waals surface area contributed by atoms with Gasteiger partial charge in [0, 0.05) is 24.4 Å². The van der Waals surface area contributed by atoms with Crippen molar-refractivity contribution < 1.29 is 17.9 Å². The standard InChI is InChI=1S/C14H18ClNO4S/c1-20-13-4-3-10(15)9-12(13)14(17)16-7-5-11(6-8-16)21(2,18)19/h3-4,9,11H,5-8H2,1-2H3. The number of sulfone groups is 1. The summed E-state index contributed by atoms with van der Waals surface area (Å²) in [6, 6.07) is 4.89. The third-order valence-electron chi connectivity index (χ3n) is 3.73. The largest absolute Gasteiger partial charge is 0.496 e. The number of carbonyl (C=O) groups excluding carboxylic acids is 1. The number of methoxy groups -OCH3 is 1. The van der Waals surface area contributed by atoms with E-state index in [0.717, 1.165) is 0 Å². The van der Waals surface area contributed by atoms with Crippen LogP contribution in [0.15, 0.2) is 18.2 Å². The minimum absolute atomic E-state index is 0.179. The predicted octanol–water partition coefficient (Wildman–Crippen LogP) is 2.00. The Hall–Kier alpha value is -1.27. The van der Waals surface area contributed by atoms with Crippen LogP contribution in [0.25, 0.3) is 0 Å². The fraction of sp³-hybridized carbons (Fsp3) is 0.500. The van der Waals surface area contributed by atoms with E-state index in [1.165, 1.54) is 13.4 Å². The average molecular weight is 332 g/mol. The molecule has 0 saturated carbocycles. The molecule has 1 aliphatic heterocycles. The number of nitrogens with zero attached hydrogens (tertiary/aromatic N) is 1. The molecule has 1 heterocycles. The lowest BCUT2D eigenvalue weighted by Gasteiger charge is -2.31. The molecule has 0 bridgehead atoms. The van der Waals surface area contributed by atoms with Crippen LogP contribution in [0.5, 0.6) is 5.75 Å². The topological polar surface area (TPSA) is 63.7 Å². The van der Waals surface area contributed by atoms with Crippen LogP contribution < -0.4 is 4.74 Å². The molecule has 0 unspecified atom stereocenters. The molecule has 0 spiro atoms. The van der Waals surface area contributed by atoms with Gasteiger partial charge in [-0.1, -0.05) is 11.6 Å². The number of likely N-dealkylation sites (tertiary alicyclic amines) is 1. The molecule has 0 aliphatic carbocycles. The Morgan fingerprint density at radius 3 is 2.48 bits per heavy atom. The molecular weight excluding hydrogens is 314 g/mol. The summed E-state index contributed by atoms with van der Waals surface area (Å²) in [4.78, 5) is 14.2. The number of halogens is 1. The van der Waals surface area contributed by atoms with Crippen LogP contribution >= 0.6 is 11.6 Å². The second kappa shape index (κ2) is 6.23. The highest BCUT2D eigenvalue weighted by Crippen LogP contribution is 2.26. The molecule has 1 aromatic carbocycles. The summed E-state index contributed by atoms with van der Waals surface area (Å²) in [5.74, 6) is 0.288. The Bertz CT molecular complexity index is 636. The van der Waals surface area contributed by atoms with E-state index in [4.69, 9.17) is 16.3 Å². The minimum atomic E-state index is -3.04. The third-order valence-corrected chi connectivity index (χ3v) is 5.64. The van der Waals surface area contributed by atoms with Crippen LogP contribution in [0.3, 0.4) is 0 Å². The highest BCUT2D eigenvalue weighted by atomic mass is 35.5. The van der Waals surface area contributed by atoms with Gasteiger partial charge in [0.15, 0.2) is 0 Å². The fourth-order valence-corrected chi connectivity index (χ4v) is 3.74. The zero-order valence-corrected chi connectivity index (χ0v) is 13.6. The second-order valence-electron chi connectivity index (χ2n) is 5.17. The Morgan fingerprint density at radius 2 is 1.95 bits per heavy atom. The molecule has 0 aromatic heterocycles. The molecule has 0 radical (unpaired) electrons. The Balaban J connectivity index is 2.14. The smallest absolute Gasteiger partial charge is 0.257 e. The molecule has 1 saturated heterocycles. The molecule has 0 N–H and O–H groups in total. The van der Waals surface area contributed by atoms with Crippen molar-refractivity contribution in [3.05, 3.63) is 28.8 Å². The Morgan fingerprint density at radius 1 is 1.33 bits per heavy atom. The van der Waals surface area contributed by atoms with Crippen molar-refractivity contribution in [2.45, 2.75) is 18.1 Å². The summed E-state index contributed by atoms with van der Waals surface area (Å²) >= 11 is 5.93. The normalized spacial score (nSPS) is 16.8. The van der Waals surface area contributed by atoms with Crippen LogP contribution in [-0.2, 0) is 9.84 Å². The lowest BCUT2D eigenvalue weighted by molar-refractivity contribution is 0.0722. The minimum Gasteiger partial charge on any atom is -0.496 e. The molecule has 7 heteroatoms. The number of benzene rings is 1. The third kappa shape index (κ3) is 3.68. The molecule has 116 valence electrons. The van der Waals surface area contributed by atoms with E-state index in [-0.39, 0.29) is 11.2 Å². The van der Waals surface area contributed by atoms with Crippen molar-refractivity contribution in [1.82, 2.24) is 4.90 Å². The van der Waals surface area contributed by atoms with Crippen molar-refractivity contribution in [3.63, 3.8) is 0 Å². The number of ether oxygens (including phenoxy) is 1. The Kier molecular flexibility index (Phi) is 4.78. The van der Waals surface area contributed by atoms with Crippen LogP contribution in [-0.4, -0.2) is 50.9 Å². The van der Waals surface area contributed by atoms with Gasteiger partial charge in [-0.05, 0) is 31.0 Å². The molecule has 21 heavy (non-hydrogen) atoms. The van der Waals surface area contributed by atoms with Gasteiger partial charge in [0.1, 0.15) is 15.6 Å². The number of carbonyl (C=O) groups is 1. The molecule has 1 aliphatic rings. The van der Waals surface area contributed by atoms with Gasteiger partial charge in [-0.25, -0.2) is 8.42 Å². The maximum atomic E-state index is 12.5. The summed E-state index contributed by atoms with van der Waals surface area (Å²) in [6.07, 6.45) is 2.18. The van der Waals surface area contributed by atoms with Crippen molar-refractivity contribution >= 4 is 27.3 Å². The second-order valence-corrected chi connectivity index (χ2v) is 7.93. The summed E-state index contributed by atoms with van der Waals surface area (Å²) in [5, 5.41) is 0.105. The van der Waals surface area contributed by atoms with Crippen LogP contribution in [0.1, 0.15) is 23.2 Å². The van der Waals surface area contributed by atoms with Gasteiger partial charge in [-0.15, -0.1) is 0 Å². The molecule has 1 fully saturated rings. The van der Waals surface area contributed by atoms with E-state index in [2.05, 4.69) is 0 Å². The van der Waals surface area contributed by atoms with E-state index < -0.39 is 9.84 Å². The maximum Gasteiger partial charge on any atom is 0.257 e. The first kappa shape index (κ1) is 16.1. The molecule has 2 rings (SSSR count). The SMILES string of the molecule is COc1ccc(Cl)cc1C(=O)N1CCC(S(C)(=O)=O)CC1. The average Bonchev–Trinajstić information content (AvgIpc) is 2.45. The van der Waals surface area contributed by atoms with E-state index in [1.54, 1.807) is 23.1 Å². The fourth-order valence-electron chi connectivity index (χ4n) is 2.50. The van der Waals surface area contributed by atoms with Gasteiger partial charge in [-0.2, -0.15) is 0 Å². The number of hydrogen-bond acceptors (Lipinski definition) is 4. The first-order chi connectivity index (χ1) is 9.82. The van der Waals surface area contributed by atoms with Crippen molar-refractivity contribution in [3.8, 4) is 5.75 Å². The number of rotatable bonds is 3. The first-order valence-electron chi connectivity index (χ1n) is 6.64. The summed E-state index contributed by atoms with van der Waals surface area (Å²) in [6.45, 7) is 0.846. The van der Waals surface area contributed by atoms with Gasteiger partial charge < -0.3 is 9.64 Å². The summed E-state index contributed by atoms with van der Waals surface area (Å²) < 4.78 is 28.3. The zero-order valence-electron chi connectivity index (χ0n) is 12.0. The summed E-state index contributed by atoms with van der Waals surface area (Å²) in [5.41, 5.74) is 0.405. The molecule has 1 amide bonds. The predicted molar refractivity (Wildman–Crippen MR) is 81.8 cm³/mol. The molecule has 5 nitrogen and oxygen atoms in total. The monoisotopic (exact) mass is 331 g/mol. The van der Waals surface area contributed by atoms with Gasteiger partial charge in [0.2, 0.25) is 0 Å². The van der Waals surface area contributed by atoms with Gasteiger partial charge in [0.05, 0.1) is 17.9 Å². The number of amides is 1. The van der Waals surface area contributed by atoms with Gasteiger partial charge >= 0.3 is 0 Å². The van der Waals surface area contributed by atoms with Crippen molar-refractivity contribution in [1.29, 1.82) is 0 Å². The quantitative estimate of drug-likeness (QED) is 0.849. The van der Waals surface area contributed by atoms with Crippen LogP contribution in [0, 0.1) is 0 Å². The number of piperidine rings is 1. The van der Waals surface area contributed by atoms with Gasteiger partial charge in [0.25, 0.3) is 5.91 Å². The molecule has 0 atom stereocenters. The van der Waals surface area contributed by atoms with E-state index in [0.29, 0.717) is 42.3 Å². The number of hydrogen-bond donors (Lipinski definition) is 0. The highest BCUT2D eigenvalue weighted by Gasteiger charge is 2.30. The van der Waals surface area contributed by atoms with Crippen LogP contribution in [0.4, 0.5) is 0 Å². The maximum absolute atomic E-state index is 12.5. The van der Waals surface area contributed by atoms with E-state index in [1.807, 2.05) is 0 Å². The first-order valence-corrected chi connectivity index (χ1v) is 8.98. The van der Waals surface area contributed by atoms with Crippen molar-refractivity contribution in [2.75, 3.05) is 26.5 Å². The lowest BCUT2D eigenvalue weighted by atomic mass is 10.1. The van der Waals surface area contributed by atoms with Crippen LogP contribution in [0.2, 0.25) is 5.02 Å². The van der Waals surface area contributed by atoms with Crippen molar-refractivity contribution in [2.24, 2.45) is 0 Å². The molecule has 1 aromatic rings. The highest BCUT2D eigenvalue weighted by molar-refractivity contribution is 7.91.